The van der Waals surface area contributed by atoms with Gasteiger partial charge >= 0.3 is 0 Å². The molecule has 72 valence electrons. The standard InChI is InChI=1S/C9H15N3O/c1-3-8-6-10-9(11-7-8)12(2)4-5-13/h6-7,13H,3-5H2,1-2H3. The number of likely N-dealkylation sites (N-methyl/N-ethyl adjacent to an activating group) is 1. The zero-order valence-corrected chi connectivity index (χ0v) is 8.06. The topological polar surface area (TPSA) is 49.2 Å². The van der Waals surface area contributed by atoms with Crippen LogP contribution in [-0.4, -0.2) is 35.3 Å². The van der Waals surface area contributed by atoms with Crippen LogP contribution < -0.4 is 4.90 Å². The van der Waals surface area contributed by atoms with Gasteiger partial charge in [-0.05, 0) is 12.0 Å². The Bertz CT molecular complexity index is 248. The van der Waals surface area contributed by atoms with Gasteiger partial charge in [0.2, 0.25) is 5.95 Å². The number of rotatable bonds is 4. The maximum atomic E-state index is 8.70. The summed E-state index contributed by atoms with van der Waals surface area (Å²) in [5, 5.41) is 8.70. The third-order valence-corrected chi connectivity index (χ3v) is 1.88. The molecule has 1 N–H and O–H groups in total. The minimum Gasteiger partial charge on any atom is -0.395 e. The Morgan fingerprint density at radius 2 is 2.00 bits per heavy atom. The molecule has 0 atom stereocenters. The van der Waals surface area contributed by atoms with E-state index >= 15 is 0 Å². The molecular formula is C9H15N3O. The Labute approximate surface area is 78.2 Å². The predicted molar refractivity (Wildman–Crippen MR) is 51.8 cm³/mol. The highest BCUT2D eigenvalue weighted by Crippen LogP contribution is 2.04. The Morgan fingerprint density at radius 1 is 1.38 bits per heavy atom. The molecule has 0 aliphatic heterocycles. The molecule has 0 bridgehead atoms. The lowest BCUT2D eigenvalue weighted by atomic mass is 10.3. The maximum absolute atomic E-state index is 8.70. The van der Waals surface area contributed by atoms with Gasteiger partial charge in [-0.15, -0.1) is 0 Å². The van der Waals surface area contributed by atoms with E-state index in [0.717, 1.165) is 12.0 Å². The van der Waals surface area contributed by atoms with Crippen LogP contribution in [0, 0.1) is 0 Å². The average molecular weight is 181 g/mol. The summed E-state index contributed by atoms with van der Waals surface area (Å²) in [6, 6.07) is 0. The van der Waals surface area contributed by atoms with Crippen LogP contribution in [0.25, 0.3) is 0 Å². The molecule has 4 heteroatoms. The first-order valence-corrected chi connectivity index (χ1v) is 4.40. The van der Waals surface area contributed by atoms with Crippen molar-refractivity contribution in [1.82, 2.24) is 9.97 Å². The Kier molecular flexibility index (Phi) is 3.64. The molecule has 0 aliphatic carbocycles. The summed E-state index contributed by atoms with van der Waals surface area (Å²) < 4.78 is 0. The van der Waals surface area contributed by atoms with E-state index in [1.54, 1.807) is 0 Å². The zero-order valence-electron chi connectivity index (χ0n) is 8.06. The minimum atomic E-state index is 0.120. The highest BCUT2D eigenvalue weighted by molar-refractivity contribution is 5.28. The van der Waals surface area contributed by atoms with Gasteiger partial charge in [0.25, 0.3) is 0 Å². The van der Waals surface area contributed by atoms with Gasteiger partial charge in [-0.25, -0.2) is 9.97 Å². The van der Waals surface area contributed by atoms with Crippen molar-refractivity contribution in [3.05, 3.63) is 18.0 Å². The van der Waals surface area contributed by atoms with Gasteiger partial charge in [0.15, 0.2) is 0 Å². The molecule has 0 saturated heterocycles. The van der Waals surface area contributed by atoms with Crippen molar-refractivity contribution in [3.63, 3.8) is 0 Å². The Hall–Kier alpha value is -1.16. The molecule has 13 heavy (non-hydrogen) atoms. The summed E-state index contributed by atoms with van der Waals surface area (Å²) >= 11 is 0. The summed E-state index contributed by atoms with van der Waals surface area (Å²) in [5.41, 5.74) is 1.13. The van der Waals surface area contributed by atoms with Crippen LogP contribution in [0.2, 0.25) is 0 Å². The lowest BCUT2D eigenvalue weighted by molar-refractivity contribution is 0.303. The normalized spacial score (nSPS) is 10.1. The van der Waals surface area contributed by atoms with Crippen LogP contribution >= 0.6 is 0 Å². The van der Waals surface area contributed by atoms with Gasteiger partial charge in [-0.3, -0.25) is 0 Å². The lowest BCUT2D eigenvalue weighted by Crippen LogP contribution is -2.23. The minimum absolute atomic E-state index is 0.120. The van der Waals surface area contributed by atoms with E-state index in [4.69, 9.17) is 5.11 Å². The number of anilines is 1. The SMILES string of the molecule is CCc1cnc(N(C)CCO)nc1. The average Bonchev–Trinajstić information content (AvgIpc) is 2.18. The molecule has 0 aromatic carbocycles. The van der Waals surface area contributed by atoms with Crippen LogP contribution in [-0.2, 0) is 6.42 Å². The summed E-state index contributed by atoms with van der Waals surface area (Å²) in [7, 11) is 1.86. The first-order valence-electron chi connectivity index (χ1n) is 4.40. The highest BCUT2D eigenvalue weighted by Gasteiger charge is 2.01. The molecule has 1 heterocycles. The second kappa shape index (κ2) is 4.77. The molecule has 0 radical (unpaired) electrons. The molecule has 0 unspecified atom stereocenters. The van der Waals surface area contributed by atoms with Crippen molar-refractivity contribution in [2.24, 2.45) is 0 Å². The maximum Gasteiger partial charge on any atom is 0.225 e. The fraction of sp³-hybridized carbons (Fsp3) is 0.556. The summed E-state index contributed by atoms with van der Waals surface area (Å²) in [4.78, 5) is 10.2. The molecule has 0 saturated carbocycles. The fourth-order valence-electron chi connectivity index (χ4n) is 0.978. The largest absolute Gasteiger partial charge is 0.395 e. The summed E-state index contributed by atoms with van der Waals surface area (Å²) in [6.45, 7) is 2.75. The fourth-order valence-corrected chi connectivity index (χ4v) is 0.978. The lowest BCUT2D eigenvalue weighted by Gasteiger charge is -2.14. The van der Waals surface area contributed by atoms with Gasteiger partial charge in [0.05, 0.1) is 6.61 Å². The van der Waals surface area contributed by atoms with E-state index < -0.39 is 0 Å². The van der Waals surface area contributed by atoms with Crippen molar-refractivity contribution in [3.8, 4) is 0 Å². The van der Waals surface area contributed by atoms with Gasteiger partial charge in [0.1, 0.15) is 0 Å². The number of hydrogen-bond donors (Lipinski definition) is 1. The molecule has 0 aliphatic rings. The number of nitrogens with zero attached hydrogens (tertiary/aromatic N) is 3. The number of aliphatic hydroxyl groups is 1. The molecule has 4 nitrogen and oxygen atoms in total. The quantitative estimate of drug-likeness (QED) is 0.733. The summed E-state index contributed by atoms with van der Waals surface area (Å²) in [6.07, 6.45) is 4.58. The van der Waals surface area contributed by atoms with Crippen molar-refractivity contribution in [2.75, 3.05) is 25.1 Å². The molecule has 1 aromatic rings. The van der Waals surface area contributed by atoms with Gasteiger partial charge < -0.3 is 10.0 Å². The molecule has 0 spiro atoms. The number of aromatic nitrogens is 2. The second-order valence-electron chi connectivity index (χ2n) is 2.89. The first-order chi connectivity index (χ1) is 6.27. The van der Waals surface area contributed by atoms with Crippen LogP contribution in [0.15, 0.2) is 12.4 Å². The van der Waals surface area contributed by atoms with E-state index in [1.165, 1.54) is 0 Å². The van der Waals surface area contributed by atoms with Crippen molar-refractivity contribution >= 4 is 5.95 Å². The molecule has 0 amide bonds. The molecule has 1 rings (SSSR count). The number of aliphatic hydroxyl groups excluding tert-OH is 1. The van der Waals surface area contributed by atoms with E-state index in [-0.39, 0.29) is 6.61 Å². The van der Waals surface area contributed by atoms with Crippen LogP contribution in [0.1, 0.15) is 12.5 Å². The van der Waals surface area contributed by atoms with Gasteiger partial charge in [0, 0.05) is 26.0 Å². The van der Waals surface area contributed by atoms with Crippen molar-refractivity contribution in [2.45, 2.75) is 13.3 Å². The molecule has 1 aromatic heterocycles. The Morgan fingerprint density at radius 3 is 2.46 bits per heavy atom. The monoisotopic (exact) mass is 181 g/mol. The smallest absolute Gasteiger partial charge is 0.225 e. The summed E-state index contributed by atoms with van der Waals surface area (Å²) in [5.74, 6) is 0.659. The Balaban J connectivity index is 2.67. The third kappa shape index (κ3) is 2.66. The number of aryl methyl sites for hydroxylation is 1. The van der Waals surface area contributed by atoms with E-state index in [1.807, 2.05) is 24.3 Å². The number of hydrogen-bond acceptors (Lipinski definition) is 4. The molecular weight excluding hydrogens is 166 g/mol. The van der Waals surface area contributed by atoms with Crippen LogP contribution in [0.4, 0.5) is 5.95 Å². The van der Waals surface area contributed by atoms with Gasteiger partial charge in [-0.1, -0.05) is 6.92 Å². The third-order valence-electron chi connectivity index (χ3n) is 1.88. The van der Waals surface area contributed by atoms with Crippen LogP contribution in [0.5, 0.6) is 0 Å². The van der Waals surface area contributed by atoms with Crippen molar-refractivity contribution in [1.29, 1.82) is 0 Å². The highest BCUT2D eigenvalue weighted by atomic mass is 16.3. The van der Waals surface area contributed by atoms with Gasteiger partial charge in [-0.2, -0.15) is 0 Å². The van der Waals surface area contributed by atoms with E-state index in [2.05, 4.69) is 16.9 Å². The van der Waals surface area contributed by atoms with Crippen LogP contribution in [0.3, 0.4) is 0 Å². The van der Waals surface area contributed by atoms with E-state index in [9.17, 15) is 0 Å². The first kappa shape index (κ1) is 9.92. The predicted octanol–water partition coefficient (Wildman–Crippen LogP) is 0.467. The zero-order chi connectivity index (χ0) is 9.68. The van der Waals surface area contributed by atoms with E-state index in [0.29, 0.717) is 12.5 Å². The molecule has 0 fully saturated rings. The van der Waals surface area contributed by atoms with Crippen molar-refractivity contribution < 1.29 is 5.11 Å². The second-order valence-corrected chi connectivity index (χ2v) is 2.89.